The topological polar surface area (TPSA) is 93.4 Å². The standard InChI is InChI=1S/C19H21N5O3/c1-12-16-17(20-11-21-19(16)27-23-12)24-8-6-13(7-9-24)18(25)22-14-4-3-5-15(10-14)26-2/h3-5,10-11,13H,6-9H2,1-2H3,(H,22,25). The van der Waals surface area contributed by atoms with E-state index in [0.29, 0.717) is 5.71 Å². The van der Waals surface area contributed by atoms with E-state index < -0.39 is 0 Å². The number of nitrogens with one attached hydrogen (secondary N) is 1. The SMILES string of the molecule is COc1cccc(NC(=O)C2CCN(c3ncnc4onc(C)c34)CC2)c1. The van der Waals surface area contributed by atoms with Crippen LogP contribution >= 0.6 is 0 Å². The monoisotopic (exact) mass is 367 g/mol. The lowest BCUT2D eigenvalue weighted by molar-refractivity contribution is -0.120. The molecule has 3 heterocycles. The van der Waals surface area contributed by atoms with Gasteiger partial charge in [-0.25, -0.2) is 4.98 Å². The number of aryl methyl sites for hydroxylation is 1. The highest BCUT2D eigenvalue weighted by Crippen LogP contribution is 2.30. The summed E-state index contributed by atoms with van der Waals surface area (Å²) in [5.74, 6) is 1.55. The minimum atomic E-state index is -0.0339. The molecule has 0 saturated carbocycles. The summed E-state index contributed by atoms with van der Waals surface area (Å²) < 4.78 is 10.4. The predicted octanol–water partition coefficient (Wildman–Crippen LogP) is 2.79. The van der Waals surface area contributed by atoms with Crippen molar-refractivity contribution in [1.29, 1.82) is 0 Å². The van der Waals surface area contributed by atoms with Gasteiger partial charge in [0.2, 0.25) is 5.91 Å². The zero-order chi connectivity index (χ0) is 18.8. The Balaban J connectivity index is 1.42. The summed E-state index contributed by atoms with van der Waals surface area (Å²) in [4.78, 5) is 23.3. The van der Waals surface area contributed by atoms with E-state index in [4.69, 9.17) is 9.26 Å². The number of amides is 1. The number of ether oxygens (including phenoxy) is 1. The fourth-order valence-electron chi connectivity index (χ4n) is 3.44. The Hall–Kier alpha value is -3.16. The Labute approximate surface area is 156 Å². The smallest absolute Gasteiger partial charge is 0.263 e. The Morgan fingerprint density at radius 3 is 2.89 bits per heavy atom. The molecule has 0 radical (unpaired) electrons. The predicted molar refractivity (Wildman–Crippen MR) is 101 cm³/mol. The van der Waals surface area contributed by atoms with Crippen LogP contribution in [0.1, 0.15) is 18.5 Å². The highest BCUT2D eigenvalue weighted by Gasteiger charge is 2.27. The summed E-state index contributed by atoms with van der Waals surface area (Å²) in [5.41, 5.74) is 2.02. The van der Waals surface area contributed by atoms with Gasteiger partial charge in [0, 0.05) is 30.8 Å². The molecule has 8 heteroatoms. The second kappa shape index (κ2) is 7.22. The lowest BCUT2D eigenvalue weighted by atomic mass is 9.95. The van der Waals surface area contributed by atoms with Gasteiger partial charge in [0.05, 0.1) is 12.8 Å². The number of piperidine rings is 1. The molecule has 0 bridgehead atoms. The van der Waals surface area contributed by atoms with Crippen LogP contribution in [0, 0.1) is 12.8 Å². The molecule has 0 spiro atoms. The second-order valence-electron chi connectivity index (χ2n) is 6.63. The lowest BCUT2D eigenvalue weighted by Gasteiger charge is -2.32. The van der Waals surface area contributed by atoms with Gasteiger partial charge in [-0.2, -0.15) is 4.98 Å². The molecule has 1 N–H and O–H groups in total. The van der Waals surface area contributed by atoms with Crippen LogP contribution in [0.2, 0.25) is 0 Å². The number of hydrogen-bond donors (Lipinski definition) is 1. The molecule has 0 atom stereocenters. The largest absolute Gasteiger partial charge is 0.497 e. The van der Waals surface area contributed by atoms with E-state index in [1.807, 2.05) is 31.2 Å². The van der Waals surface area contributed by atoms with E-state index in [2.05, 4.69) is 25.3 Å². The maximum atomic E-state index is 12.6. The number of carbonyl (C=O) groups is 1. The molecule has 2 aromatic heterocycles. The molecule has 1 amide bonds. The minimum absolute atomic E-state index is 0.0339. The summed E-state index contributed by atoms with van der Waals surface area (Å²) >= 11 is 0. The summed E-state index contributed by atoms with van der Waals surface area (Å²) in [6.07, 6.45) is 3.00. The van der Waals surface area contributed by atoms with Crippen LogP contribution in [-0.4, -0.2) is 41.2 Å². The van der Waals surface area contributed by atoms with E-state index in [1.165, 1.54) is 6.33 Å². The van der Waals surface area contributed by atoms with Crippen molar-refractivity contribution in [2.24, 2.45) is 5.92 Å². The quantitative estimate of drug-likeness (QED) is 0.758. The minimum Gasteiger partial charge on any atom is -0.497 e. The fourth-order valence-corrected chi connectivity index (χ4v) is 3.44. The third kappa shape index (κ3) is 3.42. The first-order chi connectivity index (χ1) is 13.2. The number of rotatable bonds is 4. The normalized spacial score (nSPS) is 15.1. The van der Waals surface area contributed by atoms with E-state index in [0.717, 1.165) is 54.3 Å². The molecular formula is C19H21N5O3. The van der Waals surface area contributed by atoms with Crippen molar-refractivity contribution in [2.45, 2.75) is 19.8 Å². The van der Waals surface area contributed by atoms with E-state index in [9.17, 15) is 4.79 Å². The number of carbonyl (C=O) groups excluding carboxylic acids is 1. The number of aromatic nitrogens is 3. The van der Waals surface area contributed by atoms with Gasteiger partial charge in [0.1, 0.15) is 23.3 Å². The molecule has 140 valence electrons. The van der Waals surface area contributed by atoms with Gasteiger partial charge >= 0.3 is 0 Å². The van der Waals surface area contributed by atoms with Gasteiger partial charge < -0.3 is 19.5 Å². The Morgan fingerprint density at radius 1 is 1.30 bits per heavy atom. The number of anilines is 2. The zero-order valence-electron chi connectivity index (χ0n) is 15.3. The molecular weight excluding hydrogens is 346 g/mol. The van der Waals surface area contributed by atoms with Crippen LogP contribution in [0.3, 0.4) is 0 Å². The fraction of sp³-hybridized carbons (Fsp3) is 0.368. The summed E-state index contributed by atoms with van der Waals surface area (Å²) in [6.45, 7) is 3.37. The number of nitrogens with zero attached hydrogens (tertiary/aromatic N) is 4. The highest BCUT2D eigenvalue weighted by atomic mass is 16.5. The van der Waals surface area contributed by atoms with Gasteiger partial charge in [-0.3, -0.25) is 4.79 Å². The molecule has 0 aliphatic carbocycles. The first-order valence-electron chi connectivity index (χ1n) is 8.92. The number of methoxy groups -OCH3 is 1. The molecule has 0 unspecified atom stereocenters. The van der Waals surface area contributed by atoms with Crippen LogP contribution < -0.4 is 15.0 Å². The highest BCUT2D eigenvalue weighted by molar-refractivity contribution is 5.93. The molecule has 4 rings (SSSR count). The molecule has 1 aliphatic rings. The Bertz CT molecular complexity index is 963. The third-order valence-electron chi connectivity index (χ3n) is 4.93. The second-order valence-corrected chi connectivity index (χ2v) is 6.63. The first kappa shape index (κ1) is 17.3. The maximum Gasteiger partial charge on any atom is 0.263 e. The van der Waals surface area contributed by atoms with Crippen molar-refractivity contribution in [1.82, 2.24) is 15.1 Å². The van der Waals surface area contributed by atoms with E-state index >= 15 is 0 Å². The molecule has 1 saturated heterocycles. The first-order valence-corrected chi connectivity index (χ1v) is 8.92. The maximum absolute atomic E-state index is 12.6. The van der Waals surface area contributed by atoms with Crippen molar-refractivity contribution in [3.63, 3.8) is 0 Å². The van der Waals surface area contributed by atoms with Crippen molar-refractivity contribution in [3.8, 4) is 5.75 Å². The summed E-state index contributed by atoms with van der Waals surface area (Å²) in [7, 11) is 1.61. The van der Waals surface area contributed by atoms with Crippen LogP contribution in [0.5, 0.6) is 5.75 Å². The molecule has 1 fully saturated rings. The zero-order valence-corrected chi connectivity index (χ0v) is 15.3. The van der Waals surface area contributed by atoms with Crippen LogP contribution in [0.4, 0.5) is 11.5 Å². The number of benzene rings is 1. The molecule has 27 heavy (non-hydrogen) atoms. The Kier molecular flexibility index (Phi) is 4.62. The molecule has 1 aromatic carbocycles. The van der Waals surface area contributed by atoms with Gasteiger partial charge in [-0.05, 0) is 31.9 Å². The average molecular weight is 367 g/mol. The van der Waals surface area contributed by atoms with Crippen molar-refractivity contribution >= 4 is 28.5 Å². The summed E-state index contributed by atoms with van der Waals surface area (Å²) in [6, 6.07) is 7.39. The number of fused-ring (bicyclic) bond motifs is 1. The Morgan fingerprint density at radius 2 is 2.11 bits per heavy atom. The number of hydrogen-bond acceptors (Lipinski definition) is 7. The summed E-state index contributed by atoms with van der Waals surface area (Å²) in [5, 5.41) is 7.81. The molecule has 1 aliphatic heterocycles. The van der Waals surface area contributed by atoms with Gasteiger partial charge in [-0.15, -0.1) is 0 Å². The van der Waals surface area contributed by atoms with Gasteiger partial charge in [0.25, 0.3) is 5.71 Å². The van der Waals surface area contributed by atoms with Crippen molar-refractivity contribution < 1.29 is 14.1 Å². The van der Waals surface area contributed by atoms with Gasteiger partial charge in [-0.1, -0.05) is 11.2 Å². The van der Waals surface area contributed by atoms with Crippen LogP contribution in [0.15, 0.2) is 35.1 Å². The van der Waals surface area contributed by atoms with Crippen LogP contribution in [0.25, 0.3) is 11.1 Å². The lowest BCUT2D eigenvalue weighted by Crippen LogP contribution is -2.38. The van der Waals surface area contributed by atoms with Crippen molar-refractivity contribution in [3.05, 3.63) is 36.3 Å². The van der Waals surface area contributed by atoms with Gasteiger partial charge in [0.15, 0.2) is 0 Å². The van der Waals surface area contributed by atoms with E-state index in [1.54, 1.807) is 7.11 Å². The third-order valence-corrected chi connectivity index (χ3v) is 4.93. The van der Waals surface area contributed by atoms with E-state index in [-0.39, 0.29) is 11.8 Å². The van der Waals surface area contributed by atoms with Crippen LogP contribution in [-0.2, 0) is 4.79 Å². The van der Waals surface area contributed by atoms with Crippen molar-refractivity contribution in [2.75, 3.05) is 30.4 Å². The molecule has 8 nitrogen and oxygen atoms in total. The average Bonchev–Trinajstić information content (AvgIpc) is 3.09. The molecule has 3 aromatic rings.